The van der Waals surface area contributed by atoms with Gasteiger partial charge in [0.2, 0.25) is 0 Å². The van der Waals surface area contributed by atoms with Gasteiger partial charge < -0.3 is 9.64 Å². The summed E-state index contributed by atoms with van der Waals surface area (Å²) >= 11 is 3.32. The van der Waals surface area contributed by atoms with Crippen molar-refractivity contribution in [2.45, 2.75) is 43.9 Å². The van der Waals surface area contributed by atoms with Crippen LogP contribution in [-0.4, -0.2) is 41.1 Å². The minimum Gasteiger partial charge on any atom is -0.459 e. The van der Waals surface area contributed by atoms with Crippen LogP contribution in [0, 0.1) is 0 Å². The van der Waals surface area contributed by atoms with Gasteiger partial charge in [-0.05, 0) is 41.9 Å². The smallest absolute Gasteiger partial charge is 0.340 e. The fourth-order valence-electron chi connectivity index (χ4n) is 3.20. The molecule has 1 aromatic rings. The average Bonchev–Trinajstić information content (AvgIpc) is 2.62. The molecule has 4 nitrogen and oxygen atoms in total. The predicted octanol–water partition coefficient (Wildman–Crippen LogP) is 2.63. The third-order valence-corrected chi connectivity index (χ3v) is 4.70. The lowest BCUT2D eigenvalue weighted by Gasteiger charge is -2.35. The normalized spacial score (nSPS) is 30.3. The van der Waals surface area contributed by atoms with Gasteiger partial charge in [-0.1, -0.05) is 0 Å². The molecule has 0 saturated carbocycles. The van der Waals surface area contributed by atoms with E-state index in [-0.39, 0.29) is 12.1 Å². The van der Waals surface area contributed by atoms with E-state index in [1.807, 2.05) is 0 Å². The number of piperidine rings is 1. The minimum absolute atomic E-state index is 0.0557. The first-order chi connectivity index (χ1) is 9.13. The van der Waals surface area contributed by atoms with Gasteiger partial charge >= 0.3 is 5.97 Å². The van der Waals surface area contributed by atoms with Crippen LogP contribution in [0.2, 0.25) is 0 Å². The van der Waals surface area contributed by atoms with Crippen molar-refractivity contribution in [1.29, 1.82) is 0 Å². The van der Waals surface area contributed by atoms with Gasteiger partial charge in [0.15, 0.2) is 0 Å². The van der Waals surface area contributed by atoms with Gasteiger partial charge in [0.25, 0.3) is 0 Å². The van der Waals surface area contributed by atoms with Crippen molar-refractivity contribution in [3.63, 3.8) is 0 Å². The molecule has 2 fully saturated rings. The molecule has 2 bridgehead atoms. The van der Waals surface area contributed by atoms with Gasteiger partial charge in [0.05, 0.1) is 5.56 Å². The molecule has 0 aromatic carbocycles. The molecule has 2 aliphatic rings. The van der Waals surface area contributed by atoms with Crippen LogP contribution < -0.4 is 0 Å². The van der Waals surface area contributed by atoms with E-state index in [1.165, 1.54) is 12.8 Å². The second-order valence-corrected chi connectivity index (χ2v) is 6.36. The second-order valence-electron chi connectivity index (χ2n) is 5.44. The van der Waals surface area contributed by atoms with Crippen LogP contribution in [0.3, 0.4) is 0 Å². The summed E-state index contributed by atoms with van der Waals surface area (Å²) < 4.78 is 6.43. The first-order valence-electron chi connectivity index (χ1n) is 6.67. The Hall–Kier alpha value is -0.940. The lowest BCUT2D eigenvalue weighted by atomic mass is 10.0. The topological polar surface area (TPSA) is 42.4 Å². The molecule has 0 amide bonds. The second kappa shape index (κ2) is 5.21. The number of esters is 1. The molecular weight excluding hydrogens is 308 g/mol. The van der Waals surface area contributed by atoms with Gasteiger partial charge in [0, 0.05) is 41.8 Å². The average molecular weight is 325 g/mol. The number of pyridine rings is 1. The molecule has 0 N–H and O–H groups in total. The van der Waals surface area contributed by atoms with E-state index in [4.69, 9.17) is 4.74 Å². The van der Waals surface area contributed by atoms with Crippen molar-refractivity contribution in [2.24, 2.45) is 0 Å². The van der Waals surface area contributed by atoms with Crippen LogP contribution in [0.1, 0.15) is 36.0 Å². The van der Waals surface area contributed by atoms with Crippen molar-refractivity contribution in [2.75, 3.05) is 7.05 Å². The zero-order chi connectivity index (χ0) is 13.4. The Labute approximate surface area is 121 Å². The molecule has 2 saturated heterocycles. The Morgan fingerprint density at radius 2 is 2.05 bits per heavy atom. The highest BCUT2D eigenvalue weighted by Crippen LogP contribution is 2.35. The maximum absolute atomic E-state index is 12.1. The molecule has 2 unspecified atom stereocenters. The minimum atomic E-state index is -0.261. The van der Waals surface area contributed by atoms with Crippen LogP contribution in [0.5, 0.6) is 0 Å². The maximum Gasteiger partial charge on any atom is 0.340 e. The largest absolute Gasteiger partial charge is 0.459 e. The Morgan fingerprint density at radius 3 is 2.68 bits per heavy atom. The molecule has 5 heteroatoms. The molecule has 19 heavy (non-hydrogen) atoms. The zero-order valence-electron chi connectivity index (χ0n) is 10.9. The number of nitrogens with zero attached hydrogens (tertiary/aromatic N) is 2. The standard InChI is InChI=1S/C14H17BrN2O2/c1-17-11-2-3-12(17)6-13(5-11)19-14(18)9-4-10(15)8-16-7-9/h4,7-8,11-13H,2-3,5-6H2,1H3. The number of fused-ring (bicyclic) bond motifs is 2. The predicted molar refractivity (Wildman–Crippen MR) is 74.9 cm³/mol. The summed E-state index contributed by atoms with van der Waals surface area (Å²) in [6.07, 6.45) is 7.64. The molecule has 1 aromatic heterocycles. The molecular formula is C14H17BrN2O2. The van der Waals surface area contributed by atoms with E-state index in [0.29, 0.717) is 17.6 Å². The summed E-state index contributed by atoms with van der Waals surface area (Å²) in [5.74, 6) is -0.261. The van der Waals surface area contributed by atoms with Gasteiger partial charge in [0.1, 0.15) is 6.10 Å². The summed E-state index contributed by atoms with van der Waals surface area (Å²) in [7, 11) is 2.18. The maximum atomic E-state index is 12.1. The number of halogens is 1. The highest BCUT2D eigenvalue weighted by atomic mass is 79.9. The lowest BCUT2D eigenvalue weighted by molar-refractivity contribution is -0.000491. The molecule has 102 valence electrons. The summed E-state index contributed by atoms with van der Waals surface area (Å²) in [4.78, 5) is 18.5. The third kappa shape index (κ3) is 2.67. The van der Waals surface area contributed by atoms with Gasteiger partial charge in [-0.3, -0.25) is 4.98 Å². The molecule has 3 rings (SSSR count). The Balaban J connectivity index is 1.65. The first kappa shape index (κ1) is 13.1. The SMILES string of the molecule is CN1C2CCC1CC(OC(=O)c1cncc(Br)c1)C2. The number of ether oxygens (including phenoxy) is 1. The van der Waals surface area contributed by atoms with Crippen molar-refractivity contribution in [3.05, 3.63) is 28.5 Å². The number of carbonyl (C=O) groups is 1. The van der Waals surface area contributed by atoms with Gasteiger partial charge in [-0.25, -0.2) is 4.79 Å². The number of carbonyl (C=O) groups excluding carboxylic acids is 1. The monoisotopic (exact) mass is 324 g/mol. The molecule has 0 spiro atoms. The molecule has 0 aliphatic carbocycles. The fraction of sp³-hybridized carbons (Fsp3) is 0.571. The Morgan fingerprint density at radius 1 is 1.37 bits per heavy atom. The van der Waals surface area contributed by atoms with Crippen molar-refractivity contribution < 1.29 is 9.53 Å². The lowest BCUT2D eigenvalue weighted by Crippen LogP contribution is -2.43. The number of aromatic nitrogens is 1. The third-order valence-electron chi connectivity index (χ3n) is 4.27. The van der Waals surface area contributed by atoms with Crippen LogP contribution in [0.4, 0.5) is 0 Å². The van der Waals surface area contributed by atoms with Gasteiger partial charge in [-0.15, -0.1) is 0 Å². The van der Waals surface area contributed by atoms with E-state index in [1.54, 1.807) is 18.5 Å². The quantitative estimate of drug-likeness (QED) is 0.784. The molecule has 3 heterocycles. The van der Waals surface area contributed by atoms with E-state index >= 15 is 0 Å². The van der Waals surface area contributed by atoms with E-state index < -0.39 is 0 Å². The van der Waals surface area contributed by atoms with Crippen LogP contribution in [0.25, 0.3) is 0 Å². The number of hydrogen-bond donors (Lipinski definition) is 0. The van der Waals surface area contributed by atoms with E-state index in [0.717, 1.165) is 17.3 Å². The summed E-state index contributed by atoms with van der Waals surface area (Å²) in [6.45, 7) is 0. The summed E-state index contributed by atoms with van der Waals surface area (Å²) in [5.41, 5.74) is 0.514. The number of hydrogen-bond acceptors (Lipinski definition) is 4. The summed E-state index contributed by atoms with van der Waals surface area (Å²) in [6, 6.07) is 2.91. The fourth-order valence-corrected chi connectivity index (χ4v) is 3.57. The van der Waals surface area contributed by atoms with Crippen molar-refractivity contribution in [1.82, 2.24) is 9.88 Å². The van der Waals surface area contributed by atoms with Crippen LogP contribution >= 0.6 is 15.9 Å². The molecule has 2 atom stereocenters. The summed E-state index contributed by atoms with van der Waals surface area (Å²) in [5, 5.41) is 0. The van der Waals surface area contributed by atoms with Crippen LogP contribution in [-0.2, 0) is 4.74 Å². The zero-order valence-corrected chi connectivity index (χ0v) is 12.5. The van der Waals surface area contributed by atoms with E-state index in [2.05, 4.69) is 32.9 Å². The number of rotatable bonds is 2. The molecule has 2 aliphatic heterocycles. The van der Waals surface area contributed by atoms with Gasteiger partial charge in [-0.2, -0.15) is 0 Å². The Bertz CT molecular complexity index is 480. The van der Waals surface area contributed by atoms with Crippen LogP contribution in [0.15, 0.2) is 22.9 Å². The Kier molecular flexibility index (Phi) is 3.58. The highest BCUT2D eigenvalue weighted by molar-refractivity contribution is 9.10. The molecule has 0 radical (unpaired) electrons. The van der Waals surface area contributed by atoms with Crippen molar-refractivity contribution >= 4 is 21.9 Å². The highest BCUT2D eigenvalue weighted by Gasteiger charge is 2.39. The van der Waals surface area contributed by atoms with Crippen molar-refractivity contribution in [3.8, 4) is 0 Å². The first-order valence-corrected chi connectivity index (χ1v) is 7.46. The van der Waals surface area contributed by atoms with E-state index in [9.17, 15) is 4.79 Å².